The summed E-state index contributed by atoms with van der Waals surface area (Å²) in [5.41, 5.74) is 0.409. The summed E-state index contributed by atoms with van der Waals surface area (Å²) in [6, 6.07) is 15.2. The lowest BCUT2D eigenvalue weighted by Crippen LogP contribution is -2.24. The molecule has 1 N–H and O–H groups in total. The first-order valence-corrected chi connectivity index (χ1v) is 7.54. The number of hydrogen-bond acceptors (Lipinski definition) is 3. The fraction of sp³-hybridized carbons (Fsp3) is 0.294. The van der Waals surface area contributed by atoms with Gasteiger partial charge in [-0.3, -0.25) is 0 Å². The van der Waals surface area contributed by atoms with Gasteiger partial charge >= 0.3 is 0 Å². The molecule has 0 heterocycles. The van der Waals surface area contributed by atoms with Gasteiger partial charge in [-0.05, 0) is 30.7 Å². The van der Waals surface area contributed by atoms with Gasteiger partial charge in [0.25, 0.3) is 0 Å². The van der Waals surface area contributed by atoms with Gasteiger partial charge in [-0.2, -0.15) is 0 Å². The number of benzene rings is 2. The second-order valence-electron chi connectivity index (χ2n) is 4.92. The molecule has 0 aromatic heterocycles. The molecular weight excluding hydrogens is 332 g/mol. The zero-order chi connectivity index (χ0) is 15.3. The fourth-order valence-corrected chi connectivity index (χ4v) is 2.58. The maximum Gasteiger partial charge on any atom is 0.125 e. The summed E-state index contributed by atoms with van der Waals surface area (Å²) in [7, 11) is 1.63. The van der Waals surface area contributed by atoms with Crippen LogP contribution < -0.4 is 4.74 Å². The van der Waals surface area contributed by atoms with Crippen molar-refractivity contribution >= 4 is 15.9 Å². The highest BCUT2D eigenvalue weighted by molar-refractivity contribution is 9.10. The minimum Gasteiger partial charge on any atom is -0.491 e. The molecule has 112 valence electrons. The molecule has 2 aromatic rings. The van der Waals surface area contributed by atoms with Gasteiger partial charge in [0, 0.05) is 17.1 Å². The van der Waals surface area contributed by atoms with Crippen LogP contribution in [0, 0.1) is 0 Å². The molecule has 0 radical (unpaired) electrons. The molecule has 0 aliphatic heterocycles. The molecule has 0 spiro atoms. The second kappa shape index (κ2) is 7.07. The lowest BCUT2D eigenvalue weighted by atomic mass is 9.87. The molecule has 0 aliphatic rings. The van der Waals surface area contributed by atoms with Crippen LogP contribution in [0.15, 0.2) is 53.0 Å². The summed E-state index contributed by atoms with van der Waals surface area (Å²) in [6.45, 7) is 2.72. The third kappa shape index (κ3) is 3.84. The predicted octanol–water partition coefficient (Wildman–Crippen LogP) is 3.73. The maximum absolute atomic E-state index is 11.0. The van der Waals surface area contributed by atoms with E-state index in [0.717, 1.165) is 15.6 Å². The van der Waals surface area contributed by atoms with Gasteiger partial charge in [-0.25, -0.2) is 0 Å². The predicted molar refractivity (Wildman–Crippen MR) is 86.6 cm³/mol. The van der Waals surface area contributed by atoms with E-state index in [-0.39, 0.29) is 0 Å². The highest BCUT2D eigenvalue weighted by Gasteiger charge is 2.29. The van der Waals surface area contributed by atoms with Crippen molar-refractivity contribution in [2.45, 2.75) is 12.5 Å². The third-order valence-electron chi connectivity index (χ3n) is 3.34. The molecule has 1 atom stereocenters. The summed E-state index contributed by atoms with van der Waals surface area (Å²) in [5, 5.41) is 11.0. The summed E-state index contributed by atoms with van der Waals surface area (Å²) < 4.78 is 11.6. The van der Waals surface area contributed by atoms with Gasteiger partial charge < -0.3 is 14.6 Å². The van der Waals surface area contributed by atoms with Gasteiger partial charge in [-0.1, -0.05) is 46.3 Å². The maximum atomic E-state index is 11.0. The normalized spacial score (nSPS) is 13.7. The van der Waals surface area contributed by atoms with E-state index in [4.69, 9.17) is 9.47 Å². The van der Waals surface area contributed by atoms with Crippen molar-refractivity contribution in [3.05, 3.63) is 64.1 Å². The lowest BCUT2D eigenvalue weighted by molar-refractivity contribution is 0.0943. The van der Waals surface area contributed by atoms with E-state index in [2.05, 4.69) is 15.9 Å². The van der Waals surface area contributed by atoms with Crippen LogP contribution in [-0.4, -0.2) is 25.4 Å². The van der Waals surface area contributed by atoms with E-state index < -0.39 is 5.60 Å². The zero-order valence-corrected chi connectivity index (χ0v) is 13.8. The van der Waals surface area contributed by atoms with Crippen LogP contribution >= 0.6 is 15.9 Å². The molecule has 3 nitrogen and oxygen atoms in total. The van der Waals surface area contributed by atoms with Gasteiger partial charge in [0.05, 0.1) is 6.61 Å². The Morgan fingerprint density at radius 2 is 1.86 bits per heavy atom. The van der Waals surface area contributed by atoms with Gasteiger partial charge in [0.15, 0.2) is 0 Å². The van der Waals surface area contributed by atoms with Crippen molar-refractivity contribution in [1.82, 2.24) is 0 Å². The van der Waals surface area contributed by atoms with E-state index in [1.165, 1.54) is 0 Å². The second-order valence-corrected chi connectivity index (χ2v) is 5.84. The highest BCUT2D eigenvalue weighted by Crippen LogP contribution is 2.36. The lowest BCUT2D eigenvalue weighted by Gasteiger charge is -2.27. The Kier molecular flexibility index (Phi) is 5.39. The summed E-state index contributed by atoms with van der Waals surface area (Å²) in [6.07, 6.45) is 0. The standard InChI is InChI=1S/C17H19BrO3/c1-17(19,13-6-5-7-14(18)12-13)15-8-3-4-9-16(15)21-11-10-20-2/h3-9,12,19H,10-11H2,1-2H3. The minimum absolute atomic E-state index is 0.447. The number of methoxy groups -OCH3 is 1. The van der Waals surface area contributed by atoms with Crippen molar-refractivity contribution < 1.29 is 14.6 Å². The zero-order valence-electron chi connectivity index (χ0n) is 12.2. The van der Waals surface area contributed by atoms with Gasteiger partial charge in [0.1, 0.15) is 18.0 Å². The molecule has 2 rings (SSSR count). The molecule has 0 amide bonds. The van der Waals surface area contributed by atoms with Gasteiger partial charge in [0.2, 0.25) is 0 Å². The van der Waals surface area contributed by atoms with Crippen LogP contribution in [0.1, 0.15) is 18.1 Å². The summed E-state index contributed by atoms with van der Waals surface area (Å²) in [5.74, 6) is 0.666. The molecule has 1 unspecified atom stereocenters. The largest absolute Gasteiger partial charge is 0.491 e. The van der Waals surface area contributed by atoms with E-state index in [1.807, 2.05) is 48.5 Å². The van der Waals surface area contributed by atoms with Gasteiger partial charge in [-0.15, -0.1) is 0 Å². The van der Waals surface area contributed by atoms with E-state index in [0.29, 0.717) is 19.0 Å². The summed E-state index contributed by atoms with van der Waals surface area (Å²) >= 11 is 3.44. The number of ether oxygens (including phenoxy) is 2. The quantitative estimate of drug-likeness (QED) is 0.806. The van der Waals surface area contributed by atoms with Crippen molar-refractivity contribution in [3.8, 4) is 5.75 Å². The Morgan fingerprint density at radius 3 is 2.57 bits per heavy atom. The molecule has 21 heavy (non-hydrogen) atoms. The minimum atomic E-state index is -1.13. The molecule has 0 saturated carbocycles. The number of rotatable bonds is 6. The average molecular weight is 351 g/mol. The third-order valence-corrected chi connectivity index (χ3v) is 3.84. The molecule has 0 fully saturated rings. The Labute approximate surface area is 133 Å². The Morgan fingerprint density at radius 1 is 1.10 bits per heavy atom. The number of halogens is 1. The van der Waals surface area contributed by atoms with Crippen LogP contribution in [0.4, 0.5) is 0 Å². The molecule has 4 heteroatoms. The smallest absolute Gasteiger partial charge is 0.125 e. The fourth-order valence-electron chi connectivity index (χ4n) is 2.18. The van der Waals surface area contributed by atoms with E-state index in [1.54, 1.807) is 14.0 Å². The van der Waals surface area contributed by atoms with E-state index in [9.17, 15) is 5.11 Å². The Balaban J connectivity index is 2.35. The van der Waals surface area contributed by atoms with Crippen molar-refractivity contribution in [2.75, 3.05) is 20.3 Å². The molecule has 0 aliphatic carbocycles. The van der Waals surface area contributed by atoms with Crippen LogP contribution in [0.5, 0.6) is 5.75 Å². The van der Waals surface area contributed by atoms with Crippen molar-refractivity contribution in [3.63, 3.8) is 0 Å². The van der Waals surface area contributed by atoms with Crippen LogP contribution in [0.2, 0.25) is 0 Å². The Hall–Kier alpha value is -1.36. The Bertz CT molecular complexity index is 596. The summed E-state index contributed by atoms with van der Waals surface area (Å²) in [4.78, 5) is 0. The van der Waals surface area contributed by atoms with Crippen molar-refractivity contribution in [2.24, 2.45) is 0 Å². The number of aliphatic hydroxyl groups is 1. The number of hydrogen-bond donors (Lipinski definition) is 1. The molecular formula is C17H19BrO3. The molecule has 0 saturated heterocycles. The monoisotopic (exact) mass is 350 g/mol. The van der Waals surface area contributed by atoms with Crippen LogP contribution in [0.25, 0.3) is 0 Å². The first-order valence-electron chi connectivity index (χ1n) is 6.75. The highest BCUT2D eigenvalue weighted by atomic mass is 79.9. The molecule has 0 bridgehead atoms. The average Bonchev–Trinajstić information content (AvgIpc) is 2.48. The number of para-hydroxylation sites is 1. The topological polar surface area (TPSA) is 38.7 Å². The van der Waals surface area contributed by atoms with E-state index >= 15 is 0 Å². The molecule has 2 aromatic carbocycles. The van der Waals surface area contributed by atoms with Crippen molar-refractivity contribution in [1.29, 1.82) is 0 Å². The first kappa shape index (κ1) is 16.0. The van der Waals surface area contributed by atoms with Crippen LogP contribution in [-0.2, 0) is 10.3 Å². The SMILES string of the molecule is COCCOc1ccccc1C(C)(O)c1cccc(Br)c1. The first-order chi connectivity index (χ1) is 10.1. The van der Waals surface area contributed by atoms with Crippen LogP contribution in [0.3, 0.4) is 0 Å².